The van der Waals surface area contributed by atoms with Crippen LogP contribution in [0.25, 0.3) is 0 Å². The molecule has 0 aliphatic carbocycles. The molecule has 1 aromatic carbocycles. The Morgan fingerprint density at radius 1 is 1.14 bits per heavy atom. The van der Waals surface area contributed by atoms with Crippen LogP contribution in [0.1, 0.15) is 36.8 Å². The number of benzene rings is 1. The van der Waals surface area contributed by atoms with Crippen molar-refractivity contribution in [3.05, 3.63) is 35.4 Å². The molecule has 0 bridgehead atoms. The van der Waals surface area contributed by atoms with Gasteiger partial charge >= 0.3 is 0 Å². The molecule has 2 aliphatic rings. The Bertz CT molecular complexity index is 557. The topological polar surface area (TPSA) is 47.3 Å². The molecule has 21 heavy (non-hydrogen) atoms. The Morgan fingerprint density at radius 2 is 1.90 bits per heavy atom. The van der Waals surface area contributed by atoms with Gasteiger partial charge in [-0.15, -0.1) is 0 Å². The van der Waals surface area contributed by atoms with Gasteiger partial charge in [0.1, 0.15) is 0 Å². The Kier molecular flexibility index (Phi) is 4.21. The summed E-state index contributed by atoms with van der Waals surface area (Å²) in [5.74, 6) is 0.246. The Balaban J connectivity index is 1.73. The van der Waals surface area contributed by atoms with Crippen LogP contribution in [0.15, 0.2) is 24.3 Å². The van der Waals surface area contributed by atoms with Crippen LogP contribution >= 0.6 is 0 Å². The number of carbonyl (C=O) groups is 1. The molecule has 3 rings (SSSR count). The predicted octanol–water partition coefficient (Wildman–Crippen LogP) is 2.15. The molecule has 0 N–H and O–H groups in total. The van der Waals surface area contributed by atoms with Gasteiger partial charge in [-0.05, 0) is 50.4 Å². The van der Waals surface area contributed by atoms with E-state index < -0.39 is 0 Å². The largest absolute Gasteiger partial charge is 0.337 e. The number of piperidine rings is 1. The molecular formula is C17H21N3O. The lowest BCUT2D eigenvalue weighted by molar-refractivity contribution is -0.140. The summed E-state index contributed by atoms with van der Waals surface area (Å²) in [6.07, 6.45) is 4.46. The zero-order valence-electron chi connectivity index (χ0n) is 12.3. The number of nitriles is 1. The van der Waals surface area contributed by atoms with E-state index in [2.05, 4.69) is 11.0 Å². The van der Waals surface area contributed by atoms with E-state index >= 15 is 0 Å². The fraction of sp³-hybridized carbons (Fsp3) is 0.529. The minimum absolute atomic E-state index is 0.0653. The monoisotopic (exact) mass is 283 g/mol. The second-order valence-corrected chi connectivity index (χ2v) is 5.93. The van der Waals surface area contributed by atoms with E-state index in [4.69, 9.17) is 0 Å². The van der Waals surface area contributed by atoms with Gasteiger partial charge in [0.2, 0.25) is 5.91 Å². The Morgan fingerprint density at radius 3 is 2.67 bits per heavy atom. The summed E-state index contributed by atoms with van der Waals surface area (Å²) in [5.41, 5.74) is 1.63. The smallest absolute Gasteiger partial charge is 0.240 e. The summed E-state index contributed by atoms with van der Waals surface area (Å²) in [6, 6.07) is 9.86. The van der Waals surface area contributed by atoms with Crippen LogP contribution in [0, 0.1) is 11.3 Å². The highest BCUT2D eigenvalue weighted by atomic mass is 16.2. The van der Waals surface area contributed by atoms with E-state index in [1.54, 1.807) is 0 Å². The van der Waals surface area contributed by atoms with Crippen molar-refractivity contribution in [1.82, 2.24) is 9.80 Å². The molecule has 0 saturated carbocycles. The molecular weight excluding hydrogens is 262 g/mol. The average Bonchev–Trinajstić information content (AvgIpc) is 3.04. The zero-order chi connectivity index (χ0) is 14.7. The number of hydrogen-bond acceptors (Lipinski definition) is 3. The summed E-state index contributed by atoms with van der Waals surface area (Å²) in [6.45, 7) is 3.48. The van der Waals surface area contributed by atoms with E-state index in [1.165, 1.54) is 12.8 Å². The predicted molar refractivity (Wildman–Crippen MR) is 80.4 cm³/mol. The third kappa shape index (κ3) is 2.93. The molecule has 2 heterocycles. The SMILES string of the molecule is N#Cc1ccccc1CN1CCCC(N2CCCC2)C1=O. The number of likely N-dealkylation sites (tertiary alicyclic amines) is 2. The fourth-order valence-corrected chi connectivity index (χ4v) is 3.44. The third-order valence-corrected chi connectivity index (χ3v) is 4.58. The quantitative estimate of drug-likeness (QED) is 0.854. The minimum Gasteiger partial charge on any atom is -0.337 e. The molecule has 0 aromatic heterocycles. The van der Waals surface area contributed by atoms with Crippen molar-refractivity contribution in [3.8, 4) is 6.07 Å². The second-order valence-electron chi connectivity index (χ2n) is 5.93. The summed E-state index contributed by atoms with van der Waals surface area (Å²) in [5, 5.41) is 9.18. The second kappa shape index (κ2) is 6.28. The van der Waals surface area contributed by atoms with Crippen molar-refractivity contribution in [3.63, 3.8) is 0 Å². The van der Waals surface area contributed by atoms with E-state index in [0.717, 1.165) is 38.0 Å². The molecule has 4 heteroatoms. The highest BCUT2D eigenvalue weighted by molar-refractivity contribution is 5.82. The molecule has 4 nitrogen and oxygen atoms in total. The van der Waals surface area contributed by atoms with Gasteiger partial charge in [-0.1, -0.05) is 18.2 Å². The summed E-state index contributed by atoms with van der Waals surface area (Å²) in [7, 11) is 0. The normalized spacial score (nSPS) is 23.3. The van der Waals surface area contributed by atoms with E-state index in [1.807, 2.05) is 29.2 Å². The van der Waals surface area contributed by atoms with E-state index in [9.17, 15) is 10.1 Å². The van der Waals surface area contributed by atoms with Gasteiger partial charge in [0.25, 0.3) is 0 Å². The average molecular weight is 283 g/mol. The molecule has 2 fully saturated rings. The first kappa shape index (κ1) is 14.1. The van der Waals surface area contributed by atoms with Gasteiger partial charge in [-0.2, -0.15) is 5.26 Å². The summed E-state index contributed by atoms with van der Waals surface area (Å²) < 4.78 is 0. The number of nitrogens with zero attached hydrogens (tertiary/aromatic N) is 3. The van der Waals surface area contributed by atoms with Crippen molar-refractivity contribution >= 4 is 5.91 Å². The fourth-order valence-electron chi connectivity index (χ4n) is 3.44. The number of amides is 1. The molecule has 2 saturated heterocycles. The maximum atomic E-state index is 12.7. The number of carbonyl (C=O) groups excluding carboxylic acids is 1. The molecule has 1 unspecified atom stereocenters. The van der Waals surface area contributed by atoms with Gasteiger partial charge < -0.3 is 4.90 Å². The lowest BCUT2D eigenvalue weighted by Crippen LogP contribution is -2.51. The molecule has 1 atom stereocenters. The highest BCUT2D eigenvalue weighted by Crippen LogP contribution is 2.23. The first-order valence-electron chi connectivity index (χ1n) is 7.80. The number of rotatable bonds is 3. The van der Waals surface area contributed by atoms with Crippen LogP contribution in [0.5, 0.6) is 0 Å². The van der Waals surface area contributed by atoms with Gasteiger partial charge in [0.15, 0.2) is 0 Å². The van der Waals surface area contributed by atoms with Gasteiger partial charge in [0.05, 0.1) is 17.7 Å². The van der Waals surface area contributed by atoms with Crippen LogP contribution in [-0.2, 0) is 11.3 Å². The molecule has 0 spiro atoms. The van der Waals surface area contributed by atoms with Crippen LogP contribution in [-0.4, -0.2) is 41.4 Å². The van der Waals surface area contributed by atoms with Crippen molar-refractivity contribution < 1.29 is 4.79 Å². The van der Waals surface area contributed by atoms with E-state index in [-0.39, 0.29) is 11.9 Å². The standard InChI is InChI=1S/C17H21N3O/c18-12-14-6-1-2-7-15(14)13-20-11-5-8-16(17(20)21)19-9-3-4-10-19/h1-2,6-7,16H,3-5,8-11,13H2. The highest BCUT2D eigenvalue weighted by Gasteiger charge is 2.34. The summed E-state index contributed by atoms with van der Waals surface area (Å²) >= 11 is 0. The lowest BCUT2D eigenvalue weighted by atomic mass is 10.0. The first-order valence-corrected chi connectivity index (χ1v) is 7.80. The van der Waals surface area contributed by atoms with Crippen molar-refractivity contribution in [2.24, 2.45) is 0 Å². The molecule has 1 amide bonds. The van der Waals surface area contributed by atoms with Gasteiger partial charge in [0, 0.05) is 13.1 Å². The maximum Gasteiger partial charge on any atom is 0.240 e. The molecule has 1 aromatic rings. The van der Waals surface area contributed by atoms with Crippen LogP contribution in [0.4, 0.5) is 0 Å². The van der Waals surface area contributed by atoms with Gasteiger partial charge in [-0.25, -0.2) is 0 Å². The van der Waals surface area contributed by atoms with Crippen LogP contribution in [0.2, 0.25) is 0 Å². The Hall–Kier alpha value is -1.86. The zero-order valence-corrected chi connectivity index (χ0v) is 12.3. The third-order valence-electron chi connectivity index (χ3n) is 4.58. The molecule has 0 radical (unpaired) electrons. The van der Waals surface area contributed by atoms with Crippen molar-refractivity contribution in [2.45, 2.75) is 38.3 Å². The minimum atomic E-state index is 0.0653. The van der Waals surface area contributed by atoms with E-state index in [0.29, 0.717) is 12.1 Å². The van der Waals surface area contributed by atoms with Crippen molar-refractivity contribution in [2.75, 3.05) is 19.6 Å². The van der Waals surface area contributed by atoms with Crippen LogP contribution < -0.4 is 0 Å². The van der Waals surface area contributed by atoms with Crippen LogP contribution in [0.3, 0.4) is 0 Å². The molecule has 110 valence electrons. The van der Waals surface area contributed by atoms with Gasteiger partial charge in [-0.3, -0.25) is 9.69 Å². The summed E-state index contributed by atoms with van der Waals surface area (Å²) in [4.78, 5) is 17.0. The lowest BCUT2D eigenvalue weighted by Gasteiger charge is -2.36. The first-order chi connectivity index (χ1) is 10.3. The van der Waals surface area contributed by atoms with Crippen molar-refractivity contribution in [1.29, 1.82) is 5.26 Å². The number of hydrogen-bond donors (Lipinski definition) is 0. The molecule has 2 aliphatic heterocycles. The maximum absolute atomic E-state index is 12.7. The Labute approximate surface area is 126 Å².